The number of hydrogen-bond acceptors (Lipinski definition) is 6. The fraction of sp³-hybridized carbons (Fsp3) is 0.320. The third-order valence-electron chi connectivity index (χ3n) is 6.58. The van der Waals surface area contributed by atoms with Gasteiger partial charge in [-0.25, -0.2) is 14.4 Å². The van der Waals surface area contributed by atoms with Crippen molar-refractivity contribution in [1.29, 1.82) is 0 Å². The number of methoxy groups -OCH3 is 1. The average Bonchev–Trinajstić information content (AvgIpc) is 3.46. The molecule has 1 aliphatic heterocycles. The van der Waals surface area contributed by atoms with E-state index in [-0.39, 0.29) is 0 Å². The van der Waals surface area contributed by atoms with E-state index in [0.29, 0.717) is 24.3 Å². The van der Waals surface area contributed by atoms with E-state index in [0.717, 1.165) is 71.0 Å². The van der Waals surface area contributed by atoms with Gasteiger partial charge in [0.2, 0.25) is 0 Å². The predicted octanol–water partition coefficient (Wildman–Crippen LogP) is 3.54. The van der Waals surface area contributed by atoms with E-state index in [2.05, 4.69) is 25.4 Å². The predicted molar refractivity (Wildman–Crippen MR) is 126 cm³/mol. The first-order valence-electron chi connectivity index (χ1n) is 11.3. The molecule has 2 aliphatic rings. The maximum Gasteiger partial charge on any atom is 0.147 e. The molecule has 4 heterocycles. The smallest absolute Gasteiger partial charge is 0.147 e. The van der Waals surface area contributed by atoms with Gasteiger partial charge in [-0.3, -0.25) is 5.10 Å². The normalized spacial score (nSPS) is 18.0. The quantitative estimate of drug-likeness (QED) is 0.501. The summed E-state index contributed by atoms with van der Waals surface area (Å²) < 4.78 is 19.8. The zero-order chi connectivity index (χ0) is 22.4. The van der Waals surface area contributed by atoms with Crippen molar-refractivity contribution in [1.82, 2.24) is 25.5 Å². The van der Waals surface area contributed by atoms with Crippen LogP contribution in [0.25, 0.3) is 33.5 Å². The average molecular weight is 445 g/mol. The molecular weight excluding hydrogens is 419 g/mol. The number of rotatable bonds is 4. The van der Waals surface area contributed by atoms with Crippen LogP contribution in [0.1, 0.15) is 11.1 Å². The van der Waals surface area contributed by atoms with E-state index in [1.54, 1.807) is 7.11 Å². The fourth-order valence-corrected chi connectivity index (χ4v) is 4.91. The van der Waals surface area contributed by atoms with Gasteiger partial charge in [0.05, 0.1) is 12.6 Å². The number of piperazine rings is 1. The van der Waals surface area contributed by atoms with Crippen LogP contribution in [0.5, 0.6) is 5.75 Å². The number of nitrogens with one attached hydrogen (secondary N) is 2. The van der Waals surface area contributed by atoms with Crippen molar-refractivity contribution in [3.63, 3.8) is 0 Å². The van der Waals surface area contributed by atoms with Gasteiger partial charge in [-0.05, 0) is 23.3 Å². The molecule has 0 bridgehead atoms. The molecule has 0 amide bonds. The number of alkyl halides is 1. The largest absolute Gasteiger partial charge is 0.494 e. The lowest BCUT2D eigenvalue weighted by Gasteiger charge is -2.28. The van der Waals surface area contributed by atoms with Gasteiger partial charge in [-0.2, -0.15) is 5.10 Å². The van der Waals surface area contributed by atoms with Crippen molar-refractivity contribution in [2.45, 2.75) is 19.0 Å². The SMILES string of the molecule is COc1cc2[nH]nc(-c3ccc(N4CCNCC4)nc3)c2nc1-c1cccc2c1CC(F)C2. The molecule has 1 unspecified atom stereocenters. The first-order valence-corrected chi connectivity index (χ1v) is 11.3. The molecule has 0 radical (unpaired) electrons. The number of hydrogen-bond donors (Lipinski definition) is 2. The fourth-order valence-electron chi connectivity index (χ4n) is 4.91. The van der Waals surface area contributed by atoms with E-state index >= 15 is 0 Å². The maximum atomic E-state index is 14.2. The molecule has 33 heavy (non-hydrogen) atoms. The summed E-state index contributed by atoms with van der Waals surface area (Å²) >= 11 is 0. The van der Waals surface area contributed by atoms with Crippen LogP contribution in [-0.4, -0.2) is 59.6 Å². The van der Waals surface area contributed by atoms with Crippen molar-refractivity contribution in [2.75, 3.05) is 38.2 Å². The van der Waals surface area contributed by atoms with Crippen LogP contribution in [0, 0.1) is 0 Å². The van der Waals surface area contributed by atoms with Crippen LogP contribution in [0.3, 0.4) is 0 Å². The molecule has 4 aromatic rings. The Labute approximate surface area is 191 Å². The molecule has 1 atom stereocenters. The number of pyridine rings is 2. The summed E-state index contributed by atoms with van der Waals surface area (Å²) in [5.74, 6) is 1.61. The second-order valence-corrected chi connectivity index (χ2v) is 8.60. The maximum absolute atomic E-state index is 14.2. The minimum Gasteiger partial charge on any atom is -0.494 e. The van der Waals surface area contributed by atoms with Crippen LogP contribution in [0.15, 0.2) is 42.6 Å². The molecular formula is C25H25FN6O. The van der Waals surface area contributed by atoms with Crippen molar-refractivity contribution in [3.05, 3.63) is 53.7 Å². The highest BCUT2D eigenvalue weighted by molar-refractivity contribution is 5.93. The highest BCUT2D eigenvalue weighted by Gasteiger charge is 2.26. The molecule has 0 spiro atoms. The van der Waals surface area contributed by atoms with Gasteiger partial charge in [0.1, 0.15) is 34.6 Å². The molecule has 2 N–H and O–H groups in total. The molecule has 0 saturated carbocycles. The highest BCUT2D eigenvalue weighted by atomic mass is 19.1. The Morgan fingerprint density at radius 3 is 2.76 bits per heavy atom. The second-order valence-electron chi connectivity index (χ2n) is 8.60. The topological polar surface area (TPSA) is 79.0 Å². The number of H-pyrrole nitrogens is 1. The van der Waals surface area contributed by atoms with Gasteiger partial charge in [0, 0.05) is 62.4 Å². The highest BCUT2D eigenvalue weighted by Crippen LogP contribution is 2.39. The summed E-state index contributed by atoms with van der Waals surface area (Å²) in [6.45, 7) is 3.83. The molecule has 8 heteroatoms. The number of ether oxygens (including phenoxy) is 1. The van der Waals surface area contributed by atoms with Crippen molar-refractivity contribution >= 4 is 16.9 Å². The van der Waals surface area contributed by atoms with Crippen molar-refractivity contribution in [2.24, 2.45) is 0 Å². The van der Waals surface area contributed by atoms with Crippen molar-refractivity contribution < 1.29 is 9.13 Å². The molecule has 3 aromatic heterocycles. The first kappa shape index (κ1) is 20.1. The Hall–Kier alpha value is -3.52. The van der Waals surface area contributed by atoms with Gasteiger partial charge in [-0.1, -0.05) is 18.2 Å². The molecule has 1 aromatic carbocycles. The Morgan fingerprint density at radius 1 is 1.09 bits per heavy atom. The van der Waals surface area contributed by atoms with Crippen LogP contribution in [0.4, 0.5) is 10.2 Å². The lowest BCUT2D eigenvalue weighted by atomic mass is 9.99. The van der Waals surface area contributed by atoms with E-state index in [9.17, 15) is 4.39 Å². The number of halogens is 1. The van der Waals surface area contributed by atoms with E-state index in [1.165, 1.54) is 0 Å². The number of fused-ring (bicyclic) bond motifs is 2. The van der Waals surface area contributed by atoms with Gasteiger partial charge >= 0.3 is 0 Å². The third-order valence-corrected chi connectivity index (χ3v) is 6.58. The number of nitrogens with zero attached hydrogens (tertiary/aromatic N) is 4. The summed E-state index contributed by atoms with van der Waals surface area (Å²) in [5.41, 5.74) is 6.86. The lowest BCUT2D eigenvalue weighted by molar-refractivity contribution is 0.349. The van der Waals surface area contributed by atoms with Crippen LogP contribution in [0.2, 0.25) is 0 Å². The summed E-state index contributed by atoms with van der Waals surface area (Å²) in [6.07, 6.45) is 1.87. The third kappa shape index (κ3) is 3.51. The molecule has 1 saturated heterocycles. The zero-order valence-electron chi connectivity index (χ0n) is 18.4. The summed E-state index contributed by atoms with van der Waals surface area (Å²) in [5, 5.41) is 11.0. The summed E-state index contributed by atoms with van der Waals surface area (Å²) in [6, 6.07) is 12.0. The minimum absolute atomic E-state index is 0.407. The first-order chi connectivity index (χ1) is 16.2. The number of anilines is 1. The van der Waals surface area contributed by atoms with E-state index in [4.69, 9.17) is 9.72 Å². The lowest BCUT2D eigenvalue weighted by Crippen LogP contribution is -2.43. The van der Waals surface area contributed by atoms with Gasteiger partial charge < -0.3 is 15.0 Å². The Bertz CT molecular complexity index is 1310. The monoisotopic (exact) mass is 444 g/mol. The minimum atomic E-state index is -0.847. The Balaban J connectivity index is 1.43. The molecule has 7 nitrogen and oxygen atoms in total. The van der Waals surface area contributed by atoms with E-state index in [1.807, 2.05) is 42.6 Å². The number of aromatic nitrogens is 4. The molecule has 1 fully saturated rings. The van der Waals surface area contributed by atoms with Crippen molar-refractivity contribution in [3.8, 4) is 28.3 Å². The number of aromatic amines is 1. The standard InChI is InChI=1S/C25H25FN6O/c1-33-21-13-20-25(29-24(21)18-4-2-3-15-11-17(26)12-19(15)18)23(31-30-20)16-5-6-22(28-14-16)32-9-7-27-8-10-32/h2-6,13-14,17,27H,7-12H2,1H3,(H,30,31). The summed E-state index contributed by atoms with van der Waals surface area (Å²) in [7, 11) is 1.63. The Morgan fingerprint density at radius 2 is 1.97 bits per heavy atom. The number of benzene rings is 1. The van der Waals surface area contributed by atoms with Gasteiger partial charge in [-0.15, -0.1) is 0 Å². The van der Waals surface area contributed by atoms with Crippen LogP contribution >= 0.6 is 0 Å². The van der Waals surface area contributed by atoms with E-state index < -0.39 is 6.17 Å². The molecule has 1 aliphatic carbocycles. The van der Waals surface area contributed by atoms with Gasteiger partial charge in [0.25, 0.3) is 0 Å². The van der Waals surface area contributed by atoms with Crippen LogP contribution < -0.4 is 15.0 Å². The molecule has 6 rings (SSSR count). The summed E-state index contributed by atoms with van der Waals surface area (Å²) in [4.78, 5) is 11.9. The second kappa shape index (κ2) is 8.12. The van der Waals surface area contributed by atoms with Gasteiger partial charge in [0.15, 0.2) is 0 Å². The Kier molecular flexibility index (Phi) is 4.95. The zero-order valence-corrected chi connectivity index (χ0v) is 18.4. The molecule has 168 valence electrons. The van der Waals surface area contributed by atoms with Crippen LogP contribution in [-0.2, 0) is 12.8 Å².